The van der Waals surface area contributed by atoms with Gasteiger partial charge in [0, 0.05) is 42.9 Å². The Morgan fingerprint density at radius 1 is 1.05 bits per heavy atom. The maximum absolute atomic E-state index is 2.59. The molecular formula is C18H24N2. The van der Waals surface area contributed by atoms with Gasteiger partial charge in [0.2, 0.25) is 0 Å². The number of rotatable bonds is 1. The third kappa shape index (κ3) is 1.70. The van der Waals surface area contributed by atoms with E-state index < -0.39 is 0 Å². The van der Waals surface area contributed by atoms with Gasteiger partial charge >= 0.3 is 0 Å². The van der Waals surface area contributed by atoms with E-state index in [2.05, 4.69) is 67.7 Å². The Hall–Kier alpha value is -1.44. The summed E-state index contributed by atoms with van der Waals surface area (Å²) in [5.41, 5.74) is 3.22. The van der Waals surface area contributed by atoms with Crippen LogP contribution in [0.2, 0.25) is 0 Å². The van der Waals surface area contributed by atoms with Gasteiger partial charge in [0.1, 0.15) is 0 Å². The number of fused-ring (bicyclic) bond motifs is 2. The van der Waals surface area contributed by atoms with Crippen molar-refractivity contribution >= 4 is 16.6 Å². The number of hydrogen-bond donors (Lipinski definition) is 0. The molecule has 0 amide bonds. The highest BCUT2D eigenvalue weighted by atomic mass is 15.2. The lowest BCUT2D eigenvalue weighted by atomic mass is 9.87. The number of aromatic nitrogens is 1. The third-order valence-electron chi connectivity index (χ3n) is 5.43. The maximum atomic E-state index is 2.59. The second kappa shape index (κ2) is 3.81. The average Bonchev–Trinajstić information content (AvgIpc) is 2.76. The van der Waals surface area contributed by atoms with Crippen LogP contribution in [0.1, 0.15) is 20.8 Å². The third-order valence-corrected chi connectivity index (χ3v) is 5.43. The highest BCUT2D eigenvalue weighted by molar-refractivity contribution is 5.84. The monoisotopic (exact) mass is 268 g/mol. The standard InChI is InChI=1S/C18H24N2/c1-18(2,3)17-14-10-20(11-15(14)17)13-5-6-16-12(9-13)7-8-19(16)4/h5-9,14-15,17H,10-11H2,1-4H3. The molecule has 1 aliphatic carbocycles. The fourth-order valence-electron chi connectivity index (χ4n) is 4.49. The van der Waals surface area contributed by atoms with Gasteiger partial charge < -0.3 is 9.47 Å². The number of benzene rings is 1. The van der Waals surface area contributed by atoms with E-state index in [4.69, 9.17) is 0 Å². The number of hydrogen-bond acceptors (Lipinski definition) is 1. The van der Waals surface area contributed by atoms with Crippen LogP contribution in [0.4, 0.5) is 5.69 Å². The fourth-order valence-corrected chi connectivity index (χ4v) is 4.49. The van der Waals surface area contributed by atoms with E-state index in [9.17, 15) is 0 Å². The molecule has 2 unspecified atom stereocenters. The summed E-state index contributed by atoms with van der Waals surface area (Å²) in [6.07, 6.45) is 2.14. The second-order valence-corrected chi connectivity index (χ2v) is 7.79. The smallest absolute Gasteiger partial charge is 0.0479 e. The van der Waals surface area contributed by atoms with E-state index in [-0.39, 0.29) is 0 Å². The molecule has 2 atom stereocenters. The van der Waals surface area contributed by atoms with Gasteiger partial charge in [-0.2, -0.15) is 0 Å². The first-order valence-electron chi connectivity index (χ1n) is 7.75. The molecule has 106 valence electrons. The molecule has 2 heteroatoms. The number of aryl methyl sites for hydroxylation is 1. The minimum Gasteiger partial charge on any atom is -0.371 e. The summed E-state index contributed by atoms with van der Waals surface area (Å²) in [5.74, 6) is 2.81. The SMILES string of the molecule is Cn1ccc2cc(N3CC4C(C3)C4C(C)(C)C)ccc21. The lowest BCUT2D eigenvalue weighted by molar-refractivity contribution is 0.309. The van der Waals surface area contributed by atoms with Crippen LogP contribution >= 0.6 is 0 Å². The van der Waals surface area contributed by atoms with Gasteiger partial charge in [0.05, 0.1) is 0 Å². The van der Waals surface area contributed by atoms with Crippen molar-refractivity contribution in [3.05, 3.63) is 30.5 Å². The molecule has 1 aromatic heterocycles. The first-order valence-corrected chi connectivity index (χ1v) is 7.75. The van der Waals surface area contributed by atoms with Gasteiger partial charge in [-0.1, -0.05) is 20.8 Å². The van der Waals surface area contributed by atoms with E-state index in [0.717, 1.165) is 17.8 Å². The Labute approximate surface area is 121 Å². The van der Waals surface area contributed by atoms with Crippen LogP contribution < -0.4 is 4.90 Å². The Morgan fingerprint density at radius 2 is 1.75 bits per heavy atom. The molecule has 20 heavy (non-hydrogen) atoms. The summed E-state index contributed by atoms with van der Waals surface area (Å²) < 4.78 is 2.19. The molecule has 0 spiro atoms. The molecule has 0 bridgehead atoms. The Balaban J connectivity index is 1.55. The van der Waals surface area contributed by atoms with Crippen LogP contribution in [0.3, 0.4) is 0 Å². The van der Waals surface area contributed by atoms with Crippen LogP contribution in [0.15, 0.2) is 30.5 Å². The largest absolute Gasteiger partial charge is 0.371 e. The van der Waals surface area contributed by atoms with Gasteiger partial charge in [0.25, 0.3) is 0 Å². The van der Waals surface area contributed by atoms with Crippen molar-refractivity contribution in [2.45, 2.75) is 20.8 Å². The molecule has 2 aliphatic rings. The Morgan fingerprint density at radius 3 is 2.40 bits per heavy atom. The zero-order chi connectivity index (χ0) is 14.1. The molecular weight excluding hydrogens is 244 g/mol. The summed E-state index contributed by atoms with van der Waals surface area (Å²) in [5, 5.41) is 1.36. The van der Waals surface area contributed by atoms with Crippen LogP contribution in [-0.2, 0) is 7.05 Å². The van der Waals surface area contributed by atoms with Crippen molar-refractivity contribution in [2.75, 3.05) is 18.0 Å². The first-order chi connectivity index (χ1) is 9.45. The van der Waals surface area contributed by atoms with Gasteiger partial charge in [0.15, 0.2) is 0 Å². The van der Waals surface area contributed by atoms with Gasteiger partial charge in [-0.05, 0) is 47.4 Å². The highest BCUT2D eigenvalue weighted by Crippen LogP contribution is 2.60. The van der Waals surface area contributed by atoms with Crippen molar-refractivity contribution in [3.8, 4) is 0 Å². The molecule has 2 fully saturated rings. The summed E-state index contributed by atoms with van der Waals surface area (Å²) in [7, 11) is 2.11. The first kappa shape index (κ1) is 12.3. The number of anilines is 1. The lowest BCUT2D eigenvalue weighted by Crippen LogP contribution is -2.27. The van der Waals surface area contributed by atoms with Gasteiger partial charge in [-0.25, -0.2) is 0 Å². The molecule has 1 aromatic carbocycles. The molecule has 1 saturated carbocycles. The molecule has 0 N–H and O–H groups in total. The molecule has 2 heterocycles. The van der Waals surface area contributed by atoms with Gasteiger partial charge in [-0.15, -0.1) is 0 Å². The molecule has 1 aliphatic heterocycles. The van der Waals surface area contributed by atoms with Crippen LogP contribution in [0, 0.1) is 23.2 Å². The van der Waals surface area contributed by atoms with Crippen molar-refractivity contribution in [1.29, 1.82) is 0 Å². The molecule has 2 aromatic rings. The second-order valence-electron chi connectivity index (χ2n) is 7.79. The van der Waals surface area contributed by atoms with E-state index in [0.29, 0.717) is 5.41 Å². The van der Waals surface area contributed by atoms with Crippen LogP contribution in [0.25, 0.3) is 10.9 Å². The fraction of sp³-hybridized carbons (Fsp3) is 0.556. The lowest BCUT2D eigenvalue weighted by Gasteiger charge is -2.27. The Bertz CT molecular complexity index is 650. The summed E-state index contributed by atoms with van der Waals surface area (Å²) in [4.78, 5) is 2.59. The van der Waals surface area contributed by atoms with Crippen LogP contribution in [-0.4, -0.2) is 17.7 Å². The van der Waals surface area contributed by atoms with Crippen molar-refractivity contribution in [2.24, 2.45) is 30.2 Å². The molecule has 1 saturated heterocycles. The van der Waals surface area contributed by atoms with Crippen LogP contribution in [0.5, 0.6) is 0 Å². The summed E-state index contributed by atoms with van der Waals surface area (Å²) in [6.45, 7) is 9.71. The van der Waals surface area contributed by atoms with Crippen molar-refractivity contribution < 1.29 is 0 Å². The minimum absolute atomic E-state index is 0.491. The summed E-state index contributed by atoms with van der Waals surface area (Å²) >= 11 is 0. The topological polar surface area (TPSA) is 8.17 Å². The molecule has 4 rings (SSSR count). The normalized spacial score (nSPS) is 29.0. The van der Waals surface area contributed by atoms with E-state index in [1.54, 1.807) is 0 Å². The van der Waals surface area contributed by atoms with Crippen molar-refractivity contribution in [3.63, 3.8) is 0 Å². The predicted molar refractivity (Wildman–Crippen MR) is 85.1 cm³/mol. The average molecular weight is 268 g/mol. The predicted octanol–water partition coefficient (Wildman–Crippen LogP) is 3.91. The van der Waals surface area contributed by atoms with E-state index in [1.807, 2.05) is 0 Å². The van der Waals surface area contributed by atoms with E-state index in [1.165, 1.54) is 29.7 Å². The summed E-state index contributed by atoms with van der Waals surface area (Å²) in [6, 6.07) is 9.12. The Kier molecular flexibility index (Phi) is 2.34. The number of nitrogens with zero attached hydrogens (tertiary/aromatic N) is 2. The molecule has 0 radical (unpaired) electrons. The van der Waals surface area contributed by atoms with E-state index >= 15 is 0 Å². The quantitative estimate of drug-likeness (QED) is 0.761. The maximum Gasteiger partial charge on any atom is 0.0479 e. The minimum atomic E-state index is 0.491. The number of piperidine rings is 1. The molecule has 2 nitrogen and oxygen atoms in total. The van der Waals surface area contributed by atoms with Gasteiger partial charge in [-0.3, -0.25) is 0 Å². The zero-order valence-electron chi connectivity index (χ0n) is 12.9. The van der Waals surface area contributed by atoms with Crippen molar-refractivity contribution in [1.82, 2.24) is 4.57 Å². The zero-order valence-corrected chi connectivity index (χ0v) is 12.9. The highest BCUT2D eigenvalue weighted by Gasteiger charge is 2.59.